The van der Waals surface area contributed by atoms with Crippen LogP contribution in [0.4, 0.5) is 0 Å². The van der Waals surface area contributed by atoms with Crippen LogP contribution in [0.3, 0.4) is 0 Å². The minimum atomic E-state index is -0.0170. The summed E-state index contributed by atoms with van der Waals surface area (Å²) in [4.78, 5) is 14.2. The smallest absolute Gasteiger partial charge is 0.236 e. The van der Waals surface area contributed by atoms with E-state index >= 15 is 0 Å². The van der Waals surface area contributed by atoms with E-state index in [4.69, 9.17) is 0 Å². The molecule has 2 atom stereocenters. The first-order valence-electron chi connectivity index (χ1n) is 6.64. The van der Waals surface area contributed by atoms with Crippen molar-refractivity contribution in [2.45, 2.75) is 62.7 Å². The molecule has 0 aromatic heterocycles. The Morgan fingerprint density at radius 2 is 1.88 bits per heavy atom. The summed E-state index contributed by atoms with van der Waals surface area (Å²) in [7, 11) is 0. The van der Waals surface area contributed by atoms with Gasteiger partial charge in [-0.25, -0.2) is 0 Å². The van der Waals surface area contributed by atoms with E-state index < -0.39 is 0 Å². The topological polar surface area (TPSA) is 20.3 Å². The zero-order valence-corrected chi connectivity index (χ0v) is 11.7. The minimum absolute atomic E-state index is 0.0170. The molecule has 1 amide bonds. The van der Waals surface area contributed by atoms with Gasteiger partial charge in [0.1, 0.15) is 0 Å². The van der Waals surface area contributed by atoms with E-state index in [1.807, 2.05) is 6.92 Å². The van der Waals surface area contributed by atoms with Gasteiger partial charge in [-0.15, -0.1) is 0 Å². The molecule has 1 saturated heterocycles. The number of hydrogen-bond donors (Lipinski definition) is 0. The van der Waals surface area contributed by atoms with Gasteiger partial charge in [0, 0.05) is 12.6 Å². The van der Waals surface area contributed by atoms with E-state index in [2.05, 4.69) is 20.8 Å². The van der Waals surface area contributed by atoms with Gasteiger partial charge in [-0.1, -0.05) is 35.2 Å². The Morgan fingerprint density at radius 1 is 1.19 bits per heavy atom. The minimum Gasteiger partial charge on any atom is -0.338 e. The first-order valence-corrected chi connectivity index (χ1v) is 7.56. The molecule has 1 aliphatic carbocycles. The van der Waals surface area contributed by atoms with Crippen molar-refractivity contribution in [3.63, 3.8) is 0 Å². The Balaban J connectivity index is 1.99. The molecule has 1 saturated carbocycles. The van der Waals surface area contributed by atoms with Crippen molar-refractivity contribution in [2.75, 3.05) is 6.54 Å². The summed E-state index contributed by atoms with van der Waals surface area (Å²) in [5.74, 6) is 1.08. The van der Waals surface area contributed by atoms with Gasteiger partial charge in [-0.05, 0) is 38.5 Å². The van der Waals surface area contributed by atoms with E-state index in [1.54, 1.807) is 0 Å². The largest absolute Gasteiger partial charge is 0.338 e. The normalized spacial score (nSPS) is 29.4. The number of hydrogen-bond acceptors (Lipinski definition) is 1. The average molecular weight is 288 g/mol. The van der Waals surface area contributed by atoms with Gasteiger partial charge in [0.25, 0.3) is 0 Å². The summed E-state index contributed by atoms with van der Waals surface area (Å²) in [6, 6.07) is 0.549. The molecular formula is C13H22BrNO. The van der Waals surface area contributed by atoms with Crippen LogP contribution in [-0.2, 0) is 4.79 Å². The van der Waals surface area contributed by atoms with Crippen LogP contribution in [0.25, 0.3) is 0 Å². The number of amides is 1. The summed E-state index contributed by atoms with van der Waals surface area (Å²) in [6.45, 7) is 2.93. The first-order chi connectivity index (χ1) is 7.70. The highest BCUT2D eigenvalue weighted by Crippen LogP contribution is 2.34. The Labute approximate surface area is 107 Å². The van der Waals surface area contributed by atoms with Crippen LogP contribution in [0.5, 0.6) is 0 Å². The van der Waals surface area contributed by atoms with Gasteiger partial charge in [0.05, 0.1) is 4.83 Å². The summed E-state index contributed by atoms with van der Waals surface area (Å²) in [5.41, 5.74) is 0. The van der Waals surface area contributed by atoms with Gasteiger partial charge < -0.3 is 4.90 Å². The molecule has 2 rings (SSSR count). The quantitative estimate of drug-likeness (QED) is 0.714. The van der Waals surface area contributed by atoms with Crippen LogP contribution in [0, 0.1) is 5.92 Å². The van der Waals surface area contributed by atoms with Gasteiger partial charge in [-0.2, -0.15) is 0 Å². The Hall–Kier alpha value is -0.0500. The summed E-state index contributed by atoms with van der Waals surface area (Å²) < 4.78 is 0. The third-order valence-electron chi connectivity index (χ3n) is 4.12. The van der Waals surface area contributed by atoms with Crippen molar-refractivity contribution in [1.29, 1.82) is 0 Å². The van der Waals surface area contributed by atoms with Crippen molar-refractivity contribution >= 4 is 21.8 Å². The van der Waals surface area contributed by atoms with Crippen molar-refractivity contribution in [3.8, 4) is 0 Å². The molecule has 0 spiro atoms. The molecule has 0 bridgehead atoms. The van der Waals surface area contributed by atoms with Crippen LogP contribution < -0.4 is 0 Å². The maximum absolute atomic E-state index is 12.1. The molecule has 1 heterocycles. The number of carbonyl (C=O) groups excluding carboxylic acids is 1. The number of carbonyl (C=O) groups is 1. The van der Waals surface area contributed by atoms with E-state index in [-0.39, 0.29) is 4.83 Å². The van der Waals surface area contributed by atoms with Crippen molar-refractivity contribution in [1.82, 2.24) is 4.90 Å². The number of nitrogens with zero attached hydrogens (tertiary/aromatic N) is 1. The maximum atomic E-state index is 12.1. The van der Waals surface area contributed by atoms with Gasteiger partial charge >= 0.3 is 0 Å². The standard InChI is InChI=1S/C13H22BrNO/c1-10(14)13(16)15-9-5-8-12(15)11-6-3-2-4-7-11/h10-12H,2-9H2,1H3. The van der Waals surface area contributed by atoms with Crippen LogP contribution in [0.2, 0.25) is 0 Å². The van der Waals surface area contributed by atoms with Gasteiger partial charge in [0.2, 0.25) is 5.91 Å². The molecule has 2 fully saturated rings. The van der Waals surface area contributed by atoms with E-state index in [1.165, 1.54) is 44.9 Å². The number of halogens is 1. The lowest BCUT2D eigenvalue weighted by Gasteiger charge is -2.34. The Bertz CT molecular complexity index is 248. The van der Waals surface area contributed by atoms with Gasteiger partial charge in [0.15, 0.2) is 0 Å². The molecule has 3 heteroatoms. The predicted molar refractivity (Wildman–Crippen MR) is 69.7 cm³/mol. The molecule has 0 radical (unpaired) electrons. The summed E-state index contributed by atoms with van der Waals surface area (Å²) in [5, 5.41) is 0. The predicted octanol–water partition coefficient (Wildman–Crippen LogP) is 3.34. The van der Waals surface area contributed by atoms with Crippen molar-refractivity contribution < 1.29 is 4.79 Å². The second kappa shape index (κ2) is 5.52. The highest BCUT2D eigenvalue weighted by Gasteiger charge is 2.35. The fourth-order valence-electron chi connectivity index (χ4n) is 3.30. The Kier molecular flexibility index (Phi) is 4.28. The molecule has 0 aromatic rings. The fourth-order valence-corrected chi connectivity index (χ4v) is 3.57. The number of likely N-dealkylation sites (tertiary alicyclic amines) is 1. The first kappa shape index (κ1) is 12.4. The van der Waals surface area contributed by atoms with Crippen LogP contribution >= 0.6 is 15.9 Å². The average Bonchev–Trinajstić information content (AvgIpc) is 2.77. The van der Waals surface area contributed by atoms with E-state index in [0.717, 1.165) is 12.5 Å². The zero-order valence-electron chi connectivity index (χ0n) is 10.1. The lowest BCUT2D eigenvalue weighted by molar-refractivity contribution is -0.132. The summed E-state index contributed by atoms with van der Waals surface area (Å²) >= 11 is 3.41. The highest BCUT2D eigenvalue weighted by molar-refractivity contribution is 9.10. The van der Waals surface area contributed by atoms with Crippen LogP contribution in [0.1, 0.15) is 51.9 Å². The third kappa shape index (κ3) is 2.61. The number of alkyl halides is 1. The molecule has 2 aliphatic rings. The molecule has 0 N–H and O–H groups in total. The molecule has 2 nitrogen and oxygen atoms in total. The highest BCUT2D eigenvalue weighted by atomic mass is 79.9. The SMILES string of the molecule is CC(Br)C(=O)N1CCCC1C1CCCCC1. The molecule has 16 heavy (non-hydrogen) atoms. The molecule has 2 unspecified atom stereocenters. The Morgan fingerprint density at radius 3 is 2.50 bits per heavy atom. The van der Waals surface area contributed by atoms with E-state index in [9.17, 15) is 4.79 Å². The van der Waals surface area contributed by atoms with Crippen molar-refractivity contribution in [3.05, 3.63) is 0 Å². The molecule has 0 aromatic carbocycles. The molecule has 92 valence electrons. The summed E-state index contributed by atoms with van der Waals surface area (Å²) in [6.07, 6.45) is 9.24. The number of rotatable bonds is 2. The maximum Gasteiger partial charge on any atom is 0.236 e. The van der Waals surface area contributed by atoms with Crippen LogP contribution in [-0.4, -0.2) is 28.2 Å². The van der Waals surface area contributed by atoms with Gasteiger partial charge in [-0.3, -0.25) is 4.79 Å². The van der Waals surface area contributed by atoms with Crippen LogP contribution in [0.15, 0.2) is 0 Å². The second-order valence-electron chi connectivity index (χ2n) is 5.26. The molecular weight excluding hydrogens is 266 g/mol. The lowest BCUT2D eigenvalue weighted by Crippen LogP contribution is -2.43. The third-order valence-corrected chi connectivity index (χ3v) is 4.51. The lowest BCUT2D eigenvalue weighted by atomic mass is 9.83. The van der Waals surface area contributed by atoms with E-state index in [0.29, 0.717) is 11.9 Å². The monoisotopic (exact) mass is 287 g/mol. The zero-order chi connectivity index (χ0) is 11.5. The molecule has 1 aliphatic heterocycles. The van der Waals surface area contributed by atoms with Crippen molar-refractivity contribution in [2.24, 2.45) is 5.92 Å². The second-order valence-corrected chi connectivity index (χ2v) is 6.63. The fraction of sp³-hybridized carbons (Fsp3) is 0.923.